The van der Waals surface area contributed by atoms with Crippen molar-refractivity contribution < 1.29 is 17.2 Å². The van der Waals surface area contributed by atoms with Gasteiger partial charge in [-0.05, 0) is 24.6 Å². The predicted molar refractivity (Wildman–Crippen MR) is 69.6 cm³/mol. The Kier molecular flexibility index (Phi) is 6.33. The molecule has 19 heavy (non-hydrogen) atoms. The lowest BCUT2D eigenvalue weighted by molar-refractivity contribution is 0.153. The largest absolute Gasteiger partial charge is 0.313 e. The van der Waals surface area contributed by atoms with Gasteiger partial charge in [0.2, 0.25) is 10.0 Å². The average molecular weight is 292 g/mol. The van der Waals surface area contributed by atoms with E-state index in [4.69, 9.17) is 0 Å². The van der Waals surface area contributed by atoms with Gasteiger partial charge in [0.1, 0.15) is 0 Å². The van der Waals surface area contributed by atoms with Gasteiger partial charge in [0.05, 0.1) is 11.4 Å². The van der Waals surface area contributed by atoms with Crippen molar-refractivity contribution in [1.29, 1.82) is 0 Å². The molecule has 0 aromatic heterocycles. The Hall–Kier alpha value is -1.05. The van der Waals surface area contributed by atoms with Crippen LogP contribution in [0.15, 0.2) is 29.2 Å². The van der Waals surface area contributed by atoms with E-state index < -0.39 is 23.0 Å². The molecule has 0 fully saturated rings. The molecular weight excluding hydrogens is 274 g/mol. The van der Waals surface area contributed by atoms with Crippen molar-refractivity contribution in [3.8, 4) is 0 Å². The monoisotopic (exact) mass is 292 g/mol. The highest BCUT2D eigenvalue weighted by atomic mass is 32.2. The standard InChI is InChI=1S/C12H18F2N2O2S/c1-2-7-15-8-10-5-3-4-6-11(10)19(17,18)16-9-12(13)14/h3-6,12,15-16H,2,7-9H2,1H3. The quantitative estimate of drug-likeness (QED) is 0.717. The molecule has 1 rings (SSSR count). The lowest BCUT2D eigenvalue weighted by Gasteiger charge is -2.11. The summed E-state index contributed by atoms with van der Waals surface area (Å²) in [6.07, 6.45) is -1.78. The third kappa shape index (κ3) is 5.22. The highest BCUT2D eigenvalue weighted by Gasteiger charge is 2.19. The van der Waals surface area contributed by atoms with Crippen LogP contribution in [0.4, 0.5) is 8.78 Å². The third-order valence-corrected chi connectivity index (χ3v) is 3.96. The topological polar surface area (TPSA) is 58.2 Å². The molecule has 4 nitrogen and oxygen atoms in total. The molecule has 0 aliphatic rings. The van der Waals surface area contributed by atoms with Crippen LogP contribution < -0.4 is 10.0 Å². The Morgan fingerprint density at radius 1 is 1.26 bits per heavy atom. The molecule has 0 atom stereocenters. The minimum absolute atomic E-state index is 0.0410. The van der Waals surface area contributed by atoms with Gasteiger partial charge in [0, 0.05) is 6.54 Å². The van der Waals surface area contributed by atoms with Crippen LogP contribution in [0.5, 0.6) is 0 Å². The second-order valence-electron chi connectivity index (χ2n) is 4.03. The maximum atomic E-state index is 12.1. The lowest BCUT2D eigenvalue weighted by Crippen LogP contribution is -2.30. The van der Waals surface area contributed by atoms with Gasteiger partial charge in [0.15, 0.2) is 0 Å². The Balaban J connectivity index is 2.86. The van der Waals surface area contributed by atoms with Crippen LogP contribution in [0.2, 0.25) is 0 Å². The summed E-state index contributed by atoms with van der Waals surface area (Å²) in [5, 5.41) is 3.09. The molecule has 108 valence electrons. The van der Waals surface area contributed by atoms with Crippen molar-refractivity contribution in [2.24, 2.45) is 0 Å². The molecule has 1 aromatic carbocycles. The van der Waals surface area contributed by atoms with Crippen LogP contribution in [0.25, 0.3) is 0 Å². The van der Waals surface area contributed by atoms with Crippen molar-refractivity contribution in [2.45, 2.75) is 31.2 Å². The predicted octanol–water partition coefficient (Wildman–Crippen LogP) is 1.73. The van der Waals surface area contributed by atoms with E-state index in [2.05, 4.69) is 5.32 Å². The van der Waals surface area contributed by atoms with E-state index in [0.717, 1.165) is 13.0 Å². The molecule has 0 aliphatic carbocycles. The third-order valence-electron chi connectivity index (χ3n) is 2.43. The summed E-state index contributed by atoms with van der Waals surface area (Å²) in [6.45, 7) is 2.28. The zero-order chi connectivity index (χ0) is 14.3. The number of hydrogen-bond acceptors (Lipinski definition) is 3. The molecule has 0 spiro atoms. The molecule has 0 saturated heterocycles. The molecule has 0 aliphatic heterocycles. The molecule has 2 N–H and O–H groups in total. The first-order valence-corrected chi connectivity index (χ1v) is 7.52. The minimum atomic E-state index is -3.89. The fourth-order valence-electron chi connectivity index (χ4n) is 1.56. The molecule has 7 heteroatoms. The van der Waals surface area contributed by atoms with Gasteiger partial charge in [-0.15, -0.1) is 0 Å². The van der Waals surface area contributed by atoms with Gasteiger partial charge >= 0.3 is 0 Å². The number of alkyl halides is 2. The summed E-state index contributed by atoms with van der Waals surface area (Å²) in [5.74, 6) is 0. The van der Waals surface area contributed by atoms with Crippen LogP contribution in [0.3, 0.4) is 0 Å². The molecule has 1 aromatic rings. The fourth-order valence-corrected chi connectivity index (χ4v) is 2.81. The van der Waals surface area contributed by atoms with Crippen molar-refractivity contribution >= 4 is 10.0 Å². The summed E-state index contributed by atoms with van der Waals surface area (Å²) in [7, 11) is -3.89. The normalized spacial score (nSPS) is 12.0. The summed E-state index contributed by atoms with van der Waals surface area (Å²) in [6, 6.07) is 6.37. The summed E-state index contributed by atoms with van der Waals surface area (Å²) in [5.41, 5.74) is 0.567. The second kappa shape index (κ2) is 7.52. The van der Waals surface area contributed by atoms with Gasteiger partial charge in [-0.2, -0.15) is 0 Å². The molecular formula is C12H18F2N2O2S. The van der Waals surface area contributed by atoms with Crippen LogP contribution >= 0.6 is 0 Å². The summed E-state index contributed by atoms with van der Waals surface area (Å²) >= 11 is 0. The van der Waals surface area contributed by atoms with E-state index in [9.17, 15) is 17.2 Å². The number of hydrogen-bond donors (Lipinski definition) is 2. The SMILES string of the molecule is CCCNCc1ccccc1S(=O)(=O)NCC(F)F. The van der Waals surface area contributed by atoms with E-state index in [-0.39, 0.29) is 4.90 Å². The average Bonchev–Trinajstić information content (AvgIpc) is 2.37. The van der Waals surface area contributed by atoms with E-state index in [1.54, 1.807) is 18.2 Å². The first kappa shape index (κ1) is 16.0. The zero-order valence-corrected chi connectivity index (χ0v) is 11.5. The van der Waals surface area contributed by atoms with Crippen LogP contribution in [-0.2, 0) is 16.6 Å². The second-order valence-corrected chi connectivity index (χ2v) is 5.76. The smallest absolute Gasteiger partial charge is 0.251 e. The maximum absolute atomic E-state index is 12.1. The molecule has 0 heterocycles. The van der Waals surface area contributed by atoms with Crippen molar-refractivity contribution in [3.63, 3.8) is 0 Å². The molecule has 0 saturated carbocycles. The first-order chi connectivity index (χ1) is 8.97. The highest BCUT2D eigenvalue weighted by Crippen LogP contribution is 2.15. The van der Waals surface area contributed by atoms with Gasteiger partial charge in [-0.3, -0.25) is 0 Å². The Morgan fingerprint density at radius 2 is 1.95 bits per heavy atom. The zero-order valence-electron chi connectivity index (χ0n) is 10.7. The minimum Gasteiger partial charge on any atom is -0.313 e. The van der Waals surface area contributed by atoms with E-state index >= 15 is 0 Å². The van der Waals surface area contributed by atoms with Crippen LogP contribution in [-0.4, -0.2) is 27.9 Å². The Morgan fingerprint density at radius 3 is 2.58 bits per heavy atom. The van der Waals surface area contributed by atoms with Gasteiger partial charge in [0.25, 0.3) is 6.43 Å². The number of benzene rings is 1. The highest BCUT2D eigenvalue weighted by molar-refractivity contribution is 7.89. The number of nitrogens with one attached hydrogen (secondary N) is 2. The van der Waals surface area contributed by atoms with Crippen LogP contribution in [0, 0.1) is 0 Å². The molecule has 0 unspecified atom stereocenters. The summed E-state index contributed by atoms with van der Waals surface area (Å²) < 4.78 is 49.9. The van der Waals surface area contributed by atoms with Crippen molar-refractivity contribution in [1.82, 2.24) is 10.0 Å². The van der Waals surface area contributed by atoms with Gasteiger partial charge in [-0.1, -0.05) is 25.1 Å². The van der Waals surface area contributed by atoms with Crippen molar-refractivity contribution in [2.75, 3.05) is 13.1 Å². The van der Waals surface area contributed by atoms with E-state index in [1.165, 1.54) is 6.07 Å². The van der Waals surface area contributed by atoms with Gasteiger partial charge in [-0.25, -0.2) is 21.9 Å². The number of rotatable bonds is 8. The fraction of sp³-hybridized carbons (Fsp3) is 0.500. The molecule has 0 bridgehead atoms. The first-order valence-electron chi connectivity index (χ1n) is 6.03. The molecule has 0 radical (unpaired) electrons. The van der Waals surface area contributed by atoms with Crippen molar-refractivity contribution in [3.05, 3.63) is 29.8 Å². The van der Waals surface area contributed by atoms with Crippen LogP contribution in [0.1, 0.15) is 18.9 Å². The lowest BCUT2D eigenvalue weighted by atomic mass is 10.2. The Labute approximate surface area is 112 Å². The molecule has 0 amide bonds. The Bertz CT molecular complexity index is 492. The van der Waals surface area contributed by atoms with E-state index in [0.29, 0.717) is 12.1 Å². The van der Waals surface area contributed by atoms with E-state index in [1.807, 2.05) is 11.6 Å². The number of sulfonamides is 1. The number of halogens is 2. The van der Waals surface area contributed by atoms with Gasteiger partial charge < -0.3 is 5.32 Å². The maximum Gasteiger partial charge on any atom is 0.251 e. The summed E-state index contributed by atoms with van der Waals surface area (Å²) in [4.78, 5) is 0.0410.